The van der Waals surface area contributed by atoms with Gasteiger partial charge < -0.3 is 4.74 Å². The van der Waals surface area contributed by atoms with Gasteiger partial charge in [0.05, 0.1) is 12.9 Å². The zero-order valence-electron chi connectivity index (χ0n) is 11.5. The average molecular weight is 298 g/mol. The zero-order valence-corrected chi connectivity index (χ0v) is 12.4. The summed E-state index contributed by atoms with van der Waals surface area (Å²) in [6.45, 7) is 2.87. The molecule has 1 aromatic carbocycles. The molecule has 0 aromatic heterocycles. The first kappa shape index (κ1) is 14.8. The van der Waals surface area contributed by atoms with Crippen LogP contribution in [0.5, 0.6) is 0 Å². The Morgan fingerprint density at radius 1 is 1.40 bits per heavy atom. The summed E-state index contributed by atoms with van der Waals surface area (Å²) in [6, 6.07) is 5.51. The highest BCUT2D eigenvalue weighted by Gasteiger charge is 2.23. The van der Waals surface area contributed by atoms with Crippen LogP contribution in [0.4, 0.5) is 10.5 Å². The number of anilines is 1. The molecule has 0 saturated carbocycles. The molecule has 1 amide bonds. The van der Waals surface area contributed by atoms with Crippen LogP contribution in [0.1, 0.15) is 18.1 Å². The van der Waals surface area contributed by atoms with E-state index in [1.54, 1.807) is 19.1 Å². The number of nitrogens with one attached hydrogen (secondary N) is 1. The average Bonchev–Trinajstić information content (AvgIpc) is 2.37. The summed E-state index contributed by atoms with van der Waals surface area (Å²) in [5.74, 6) is 0. The van der Waals surface area contributed by atoms with Gasteiger partial charge in [0.2, 0.25) is 10.0 Å². The summed E-state index contributed by atoms with van der Waals surface area (Å²) < 4.78 is 29.4. The molecule has 0 saturated heterocycles. The predicted molar refractivity (Wildman–Crippen MR) is 76.0 cm³/mol. The molecule has 2 rings (SSSR count). The van der Waals surface area contributed by atoms with Crippen LogP contribution in [-0.4, -0.2) is 38.2 Å². The van der Waals surface area contributed by atoms with Gasteiger partial charge in [0.15, 0.2) is 0 Å². The zero-order chi connectivity index (χ0) is 14.8. The van der Waals surface area contributed by atoms with Crippen LogP contribution in [0, 0.1) is 0 Å². The molecule has 1 aromatic rings. The molecule has 1 heterocycles. The van der Waals surface area contributed by atoms with Gasteiger partial charge >= 0.3 is 6.09 Å². The van der Waals surface area contributed by atoms with E-state index in [2.05, 4.69) is 5.32 Å². The number of hydrogen-bond acceptors (Lipinski definition) is 4. The van der Waals surface area contributed by atoms with Gasteiger partial charge in [-0.25, -0.2) is 13.2 Å². The van der Waals surface area contributed by atoms with E-state index in [0.29, 0.717) is 31.8 Å². The number of carbonyl (C=O) groups is 1. The number of sulfonamides is 1. The molecule has 0 atom stereocenters. The monoisotopic (exact) mass is 298 g/mol. The lowest BCUT2D eigenvalue weighted by Gasteiger charge is -2.27. The third-order valence-corrected chi connectivity index (χ3v) is 4.42. The van der Waals surface area contributed by atoms with Crippen molar-refractivity contribution in [3.05, 3.63) is 29.3 Å². The molecule has 0 spiro atoms. The lowest BCUT2D eigenvalue weighted by Crippen LogP contribution is -2.35. The van der Waals surface area contributed by atoms with Crippen molar-refractivity contribution < 1.29 is 17.9 Å². The van der Waals surface area contributed by atoms with Crippen LogP contribution < -0.4 is 5.32 Å². The van der Waals surface area contributed by atoms with Gasteiger partial charge in [0.25, 0.3) is 0 Å². The van der Waals surface area contributed by atoms with Crippen molar-refractivity contribution >= 4 is 21.8 Å². The maximum Gasteiger partial charge on any atom is 0.411 e. The van der Waals surface area contributed by atoms with Crippen molar-refractivity contribution in [1.29, 1.82) is 0 Å². The Hall–Kier alpha value is -1.60. The van der Waals surface area contributed by atoms with Crippen molar-refractivity contribution in [2.24, 2.45) is 0 Å². The first-order valence-corrected chi connectivity index (χ1v) is 8.25. The van der Waals surface area contributed by atoms with Crippen molar-refractivity contribution in [2.75, 3.05) is 24.7 Å². The maximum atomic E-state index is 11.6. The Bertz CT molecular complexity index is 613. The van der Waals surface area contributed by atoms with E-state index >= 15 is 0 Å². The third kappa shape index (κ3) is 3.49. The summed E-state index contributed by atoms with van der Waals surface area (Å²) in [4.78, 5) is 11.4. The standard InChI is InChI=1S/C13H18N2O4S/c1-3-19-13(16)14-12-5-4-10-6-7-15(20(2,17)18)9-11(10)8-12/h4-5,8H,3,6-7,9H2,1-2H3,(H,14,16). The van der Waals surface area contributed by atoms with E-state index in [1.165, 1.54) is 10.6 Å². The van der Waals surface area contributed by atoms with Gasteiger partial charge in [0.1, 0.15) is 0 Å². The van der Waals surface area contributed by atoms with Crippen molar-refractivity contribution in [3.63, 3.8) is 0 Å². The number of hydrogen-bond donors (Lipinski definition) is 1. The summed E-state index contributed by atoms with van der Waals surface area (Å²) in [5.41, 5.74) is 2.63. The molecule has 0 unspecified atom stereocenters. The third-order valence-electron chi connectivity index (χ3n) is 3.17. The number of fused-ring (bicyclic) bond motifs is 1. The number of ether oxygens (including phenoxy) is 1. The van der Waals surface area contributed by atoms with Crippen LogP contribution in [0.3, 0.4) is 0 Å². The molecule has 0 radical (unpaired) electrons. The van der Waals surface area contributed by atoms with Crippen molar-refractivity contribution in [1.82, 2.24) is 4.31 Å². The van der Waals surface area contributed by atoms with E-state index in [9.17, 15) is 13.2 Å². The number of carbonyl (C=O) groups excluding carboxylic acids is 1. The Kier molecular flexibility index (Phi) is 4.29. The molecule has 1 aliphatic heterocycles. The van der Waals surface area contributed by atoms with E-state index in [-0.39, 0.29) is 0 Å². The highest BCUT2D eigenvalue weighted by atomic mass is 32.2. The highest BCUT2D eigenvalue weighted by molar-refractivity contribution is 7.88. The topological polar surface area (TPSA) is 75.7 Å². The minimum Gasteiger partial charge on any atom is -0.450 e. The minimum absolute atomic E-state index is 0.304. The van der Waals surface area contributed by atoms with Crippen LogP contribution in [-0.2, 0) is 27.7 Å². The molecule has 20 heavy (non-hydrogen) atoms. The summed E-state index contributed by atoms with van der Waals surface area (Å²) in [7, 11) is -3.19. The Morgan fingerprint density at radius 2 is 2.15 bits per heavy atom. The van der Waals surface area contributed by atoms with E-state index in [1.807, 2.05) is 6.07 Å². The smallest absolute Gasteiger partial charge is 0.411 e. The minimum atomic E-state index is -3.19. The Morgan fingerprint density at radius 3 is 2.80 bits per heavy atom. The number of rotatable bonds is 3. The maximum absolute atomic E-state index is 11.6. The molecular weight excluding hydrogens is 280 g/mol. The summed E-state index contributed by atoms with van der Waals surface area (Å²) in [5, 5.41) is 2.62. The van der Waals surface area contributed by atoms with Crippen molar-refractivity contribution in [3.8, 4) is 0 Å². The molecule has 0 fully saturated rings. The molecule has 7 heteroatoms. The quantitative estimate of drug-likeness (QED) is 0.919. The van der Waals surface area contributed by atoms with Crippen LogP contribution in [0.15, 0.2) is 18.2 Å². The largest absolute Gasteiger partial charge is 0.450 e. The SMILES string of the molecule is CCOC(=O)Nc1ccc2c(c1)CN(S(C)(=O)=O)CC2. The Balaban J connectivity index is 2.17. The van der Waals surface area contributed by atoms with Gasteiger partial charge in [-0.15, -0.1) is 0 Å². The summed E-state index contributed by atoms with van der Waals surface area (Å²) in [6.07, 6.45) is 1.38. The number of benzene rings is 1. The Labute approximate surface area is 118 Å². The van der Waals surface area contributed by atoms with Crippen LogP contribution in [0.2, 0.25) is 0 Å². The lowest BCUT2D eigenvalue weighted by atomic mass is 10.0. The van der Waals surface area contributed by atoms with Crippen LogP contribution in [0.25, 0.3) is 0 Å². The van der Waals surface area contributed by atoms with Crippen LogP contribution >= 0.6 is 0 Å². The van der Waals surface area contributed by atoms with Gasteiger partial charge in [0, 0.05) is 18.8 Å². The molecule has 0 bridgehead atoms. The fraction of sp³-hybridized carbons (Fsp3) is 0.462. The second-order valence-corrected chi connectivity index (χ2v) is 6.66. The highest BCUT2D eigenvalue weighted by Crippen LogP contribution is 2.24. The van der Waals surface area contributed by atoms with Gasteiger partial charge in [-0.1, -0.05) is 6.07 Å². The number of nitrogens with zero attached hydrogens (tertiary/aromatic N) is 1. The van der Waals surface area contributed by atoms with Crippen molar-refractivity contribution in [2.45, 2.75) is 19.9 Å². The molecule has 110 valence electrons. The van der Waals surface area contributed by atoms with Gasteiger partial charge in [-0.2, -0.15) is 4.31 Å². The van der Waals surface area contributed by atoms with E-state index < -0.39 is 16.1 Å². The number of amides is 1. The first-order chi connectivity index (χ1) is 9.40. The van der Waals surface area contributed by atoms with Gasteiger partial charge in [-0.3, -0.25) is 5.32 Å². The normalized spacial score (nSPS) is 15.5. The molecular formula is C13H18N2O4S. The fourth-order valence-corrected chi connectivity index (χ4v) is 2.97. The second-order valence-electron chi connectivity index (χ2n) is 4.68. The molecule has 1 N–H and O–H groups in total. The molecule has 6 nitrogen and oxygen atoms in total. The molecule has 0 aliphatic carbocycles. The van der Waals surface area contributed by atoms with E-state index in [0.717, 1.165) is 11.1 Å². The molecule has 1 aliphatic rings. The first-order valence-electron chi connectivity index (χ1n) is 6.41. The van der Waals surface area contributed by atoms with E-state index in [4.69, 9.17) is 4.74 Å². The van der Waals surface area contributed by atoms with Gasteiger partial charge in [-0.05, 0) is 36.6 Å². The predicted octanol–water partition coefficient (Wildman–Crippen LogP) is 1.57. The fourth-order valence-electron chi connectivity index (χ4n) is 2.18. The lowest BCUT2D eigenvalue weighted by molar-refractivity contribution is 0.168. The summed E-state index contributed by atoms with van der Waals surface area (Å²) >= 11 is 0. The second kappa shape index (κ2) is 5.80.